The van der Waals surface area contributed by atoms with Gasteiger partial charge in [-0.1, -0.05) is 6.07 Å². The lowest BCUT2D eigenvalue weighted by atomic mass is 10.1. The maximum Gasteiger partial charge on any atom is 0.261 e. The van der Waals surface area contributed by atoms with Gasteiger partial charge in [-0.25, -0.2) is 0 Å². The summed E-state index contributed by atoms with van der Waals surface area (Å²) < 4.78 is 15.2. The second kappa shape index (κ2) is 9.42. The molecule has 22 heavy (non-hydrogen) atoms. The number of carbonyl (C=O) groups excluding carboxylic acids is 1. The van der Waals surface area contributed by atoms with Gasteiger partial charge in [0, 0.05) is 20.3 Å². The van der Waals surface area contributed by atoms with Crippen molar-refractivity contribution in [3.8, 4) is 17.6 Å². The Bertz CT molecular complexity index is 576. The fourth-order valence-corrected chi connectivity index (χ4v) is 1.77. The number of carbonyl (C=O) groups is 1. The number of hydrogen-bond acceptors (Lipinski definition) is 5. The van der Waals surface area contributed by atoms with Crippen molar-refractivity contribution >= 4 is 12.0 Å². The molecule has 0 heterocycles. The maximum absolute atomic E-state index is 11.9. The summed E-state index contributed by atoms with van der Waals surface area (Å²) in [5.74, 6) is 0.713. The Morgan fingerprint density at radius 1 is 1.27 bits per heavy atom. The lowest BCUT2D eigenvalue weighted by molar-refractivity contribution is -0.117. The summed E-state index contributed by atoms with van der Waals surface area (Å²) >= 11 is 0. The molecule has 0 aliphatic rings. The van der Waals surface area contributed by atoms with Crippen LogP contribution in [0.1, 0.15) is 12.0 Å². The molecule has 0 aromatic heterocycles. The van der Waals surface area contributed by atoms with E-state index in [-0.39, 0.29) is 5.57 Å². The van der Waals surface area contributed by atoms with Gasteiger partial charge in [-0.15, -0.1) is 0 Å². The number of amides is 1. The number of benzene rings is 1. The standard InChI is InChI=1S/C16H20N2O4/c1-20-8-4-7-18-16(19)13(11-17)9-12-5-6-14(21-2)15(10-12)22-3/h5-6,9-10H,4,7-8H2,1-3H3,(H,18,19)/b13-9-. The van der Waals surface area contributed by atoms with Crippen molar-refractivity contribution in [3.63, 3.8) is 0 Å². The number of nitrogens with zero attached hydrogens (tertiary/aromatic N) is 1. The van der Waals surface area contributed by atoms with Gasteiger partial charge in [0.1, 0.15) is 11.6 Å². The van der Waals surface area contributed by atoms with Crippen LogP contribution >= 0.6 is 0 Å². The molecular formula is C16H20N2O4. The zero-order chi connectivity index (χ0) is 16.4. The third-order valence-electron chi connectivity index (χ3n) is 2.89. The fraction of sp³-hybridized carbons (Fsp3) is 0.375. The Hall–Kier alpha value is -2.52. The lowest BCUT2D eigenvalue weighted by Gasteiger charge is -2.08. The van der Waals surface area contributed by atoms with Crippen molar-refractivity contribution in [2.45, 2.75) is 6.42 Å². The van der Waals surface area contributed by atoms with Crippen molar-refractivity contribution in [2.75, 3.05) is 34.5 Å². The summed E-state index contributed by atoms with van der Waals surface area (Å²) in [5, 5.41) is 11.8. The smallest absolute Gasteiger partial charge is 0.261 e. The first-order chi connectivity index (χ1) is 10.7. The van der Waals surface area contributed by atoms with E-state index in [1.807, 2.05) is 6.07 Å². The Morgan fingerprint density at radius 3 is 2.59 bits per heavy atom. The molecule has 0 unspecified atom stereocenters. The van der Waals surface area contributed by atoms with Gasteiger partial charge >= 0.3 is 0 Å². The van der Waals surface area contributed by atoms with Gasteiger partial charge in [-0.05, 0) is 30.2 Å². The minimum absolute atomic E-state index is 0.0321. The van der Waals surface area contributed by atoms with Crippen LogP contribution in [0.3, 0.4) is 0 Å². The van der Waals surface area contributed by atoms with Crippen LogP contribution in [0.25, 0.3) is 6.08 Å². The third kappa shape index (κ3) is 5.11. The summed E-state index contributed by atoms with van der Waals surface area (Å²) in [4.78, 5) is 11.9. The zero-order valence-electron chi connectivity index (χ0n) is 13.0. The number of nitrogens with one attached hydrogen (secondary N) is 1. The largest absolute Gasteiger partial charge is 0.493 e. The normalized spacial score (nSPS) is 10.7. The molecule has 0 saturated heterocycles. The highest BCUT2D eigenvalue weighted by Gasteiger charge is 2.09. The van der Waals surface area contributed by atoms with Crippen molar-refractivity contribution in [3.05, 3.63) is 29.3 Å². The van der Waals surface area contributed by atoms with E-state index in [1.165, 1.54) is 13.2 Å². The van der Waals surface area contributed by atoms with Crippen LogP contribution in [0.5, 0.6) is 11.5 Å². The first kappa shape index (κ1) is 17.5. The van der Waals surface area contributed by atoms with Crippen LogP contribution in [0.2, 0.25) is 0 Å². The van der Waals surface area contributed by atoms with Crippen molar-refractivity contribution in [2.24, 2.45) is 0 Å². The average molecular weight is 304 g/mol. The molecule has 0 aliphatic heterocycles. The average Bonchev–Trinajstić information content (AvgIpc) is 2.56. The van der Waals surface area contributed by atoms with Crippen LogP contribution in [-0.4, -0.2) is 40.4 Å². The van der Waals surface area contributed by atoms with Gasteiger partial charge in [0.2, 0.25) is 0 Å². The molecule has 1 rings (SSSR count). The molecule has 1 N–H and O–H groups in total. The van der Waals surface area contributed by atoms with E-state index in [1.54, 1.807) is 32.4 Å². The predicted octanol–water partition coefficient (Wildman–Crippen LogP) is 1.76. The first-order valence-corrected chi connectivity index (χ1v) is 6.77. The van der Waals surface area contributed by atoms with Gasteiger partial charge in [-0.2, -0.15) is 5.26 Å². The van der Waals surface area contributed by atoms with Gasteiger partial charge in [0.05, 0.1) is 14.2 Å². The monoisotopic (exact) mass is 304 g/mol. The summed E-state index contributed by atoms with van der Waals surface area (Å²) in [6.07, 6.45) is 2.20. The van der Waals surface area contributed by atoms with Crippen molar-refractivity contribution < 1.29 is 19.0 Å². The molecule has 0 radical (unpaired) electrons. The van der Waals surface area contributed by atoms with Gasteiger partial charge in [-0.3, -0.25) is 4.79 Å². The topological polar surface area (TPSA) is 80.6 Å². The number of methoxy groups -OCH3 is 3. The quantitative estimate of drug-likeness (QED) is 0.450. The Balaban J connectivity index is 2.83. The molecule has 118 valence electrons. The SMILES string of the molecule is COCCCNC(=O)/C(C#N)=C\c1ccc(OC)c(OC)c1. The summed E-state index contributed by atoms with van der Waals surface area (Å²) in [6.45, 7) is 1.01. The van der Waals surface area contributed by atoms with Gasteiger partial charge < -0.3 is 19.5 Å². The molecule has 6 heteroatoms. The van der Waals surface area contributed by atoms with E-state index < -0.39 is 5.91 Å². The summed E-state index contributed by atoms with van der Waals surface area (Å²) in [7, 11) is 4.67. The van der Waals surface area contributed by atoms with Crippen LogP contribution < -0.4 is 14.8 Å². The minimum atomic E-state index is -0.409. The molecule has 0 atom stereocenters. The van der Waals surface area contributed by atoms with Gasteiger partial charge in [0.25, 0.3) is 5.91 Å². The highest BCUT2D eigenvalue weighted by molar-refractivity contribution is 6.01. The molecule has 1 aromatic rings. The van der Waals surface area contributed by atoms with Crippen LogP contribution in [0, 0.1) is 11.3 Å². The fourth-order valence-electron chi connectivity index (χ4n) is 1.77. The molecule has 1 aromatic carbocycles. The maximum atomic E-state index is 11.9. The van der Waals surface area contributed by atoms with Crippen LogP contribution in [0.15, 0.2) is 23.8 Å². The van der Waals surface area contributed by atoms with Crippen LogP contribution in [-0.2, 0) is 9.53 Å². The summed E-state index contributed by atoms with van der Waals surface area (Å²) in [5.41, 5.74) is 0.714. The number of rotatable bonds is 8. The van der Waals surface area contributed by atoms with Gasteiger partial charge in [0.15, 0.2) is 11.5 Å². The van der Waals surface area contributed by atoms with Crippen molar-refractivity contribution in [1.82, 2.24) is 5.32 Å². The molecule has 0 spiro atoms. The summed E-state index contributed by atoms with van der Waals surface area (Å²) in [6, 6.07) is 7.07. The molecule has 0 aliphatic carbocycles. The third-order valence-corrected chi connectivity index (χ3v) is 2.89. The van der Waals surface area contributed by atoms with E-state index in [0.29, 0.717) is 36.6 Å². The molecule has 0 bridgehead atoms. The van der Waals surface area contributed by atoms with E-state index >= 15 is 0 Å². The second-order valence-corrected chi connectivity index (χ2v) is 4.39. The minimum Gasteiger partial charge on any atom is -0.493 e. The number of hydrogen-bond donors (Lipinski definition) is 1. The van der Waals surface area contributed by atoms with E-state index in [4.69, 9.17) is 19.5 Å². The highest BCUT2D eigenvalue weighted by atomic mass is 16.5. The predicted molar refractivity (Wildman–Crippen MR) is 82.6 cm³/mol. The molecular weight excluding hydrogens is 284 g/mol. The molecule has 1 amide bonds. The zero-order valence-corrected chi connectivity index (χ0v) is 13.0. The van der Waals surface area contributed by atoms with E-state index in [2.05, 4.69) is 5.32 Å². The Labute approximate surface area is 130 Å². The Morgan fingerprint density at radius 2 is 2.00 bits per heavy atom. The molecule has 0 fully saturated rings. The van der Waals surface area contributed by atoms with Crippen molar-refractivity contribution in [1.29, 1.82) is 5.26 Å². The number of nitriles is 1. The molecule has 6 nitrogen and oxygen atoms in total. The first-order valence-electron chi connectivity index (χ1n) is 6.77. The highest BCUT2D eigenvalue weighted by Crippen LogP contribution is 2.28. The van der Waals surface area contributed by atoms with E-state index in [0.717, 1.165) is 0 Å². The Kier molecular flexibility index (Phi) is 7.51. The lowest BCUT2D eigenvalue weighted by Crippen LogP contribution is -2.26. The second-order valence-electron chi connectivity index (χ2n) is 4.39. The molecule has 0 saturated carbocycles. The number of ether oxygens (including phenoxy) is 3. The van der Waals surface area contributed by atoms with E-state index in [9.17, 15) is 4.79 Å². The van der Waals surface area contributed by atoms with Crippen LogP contribution in [0.4, 0.5) is 0 Å².